The number of carbonyl (C=O) groups excluding carboxylic acids is 4. The first-order valence-electron chi connectivity index (χ1n) is 17.3. The van der Waals surface area contributed by atoms with Gasteiger partial charge >= 0.3 is 18.3 Å². The van der Waals surface area contributed by atoms with Crippen molar-refractivity contribution in [2.75, 3.05) is 29.2 Å². The van der Waals surface area contributed by atoms with Gasteiger partial charge in [0.05, 0.1) is 6.61 Å². The van der Waals surface area contributed by atoms with Crippen LogP contribution in [0.25, 0.3) is 10.8 Å². The van der Waals surface area contributed by atoms with Crippen molar-refractivity contribution in [2.24, 2.45) is 0 Å². The molecule has 4 aromatic rings. The van der Waals surface area contributed by atoms with E-state index in [0.717, 1.165) is 31.6 Å². The fraction of sp³-hybridized carbons (Fsp3) is 0.375. The number of anilines is 3. The van der Waals surface area contributed by atoms with Crippen molar-refractivity contribution in [2.45, 2.75) is 85.1 Å². The second kappa shape index (κ2) is 15.4. The number of imide groups is 1. The Hall–Kier alpha value is -5.17. The van der Waals surface area contributed by atoms with Crippen molar-refractivity contribution >= 4 is 68.1 Å². The van der Waals surface area contributed by atoms with Crippen LogP contribution in [-0.2, 0) is 25.5 Å². The van der Waals surface area contributed by atoms with Gasteiger partial charge in [-0.1, -0.05) is 41.1 Å². The lowest BCUT2D eigenvalue weighted by Crippen LogP contribution is -2.44. The first kappa shape index (κ1) is 39.0. The van der Waals surface area contributed by atoms with Crippen LogP contribution in [0.2, 0.25) is 0 Å². The molecule has 12 nitrogen and oxygen atoms in total. The number of amides is 4. The van der Waals surface area contributed by atoms with E-state index in [4.69, 9.17) is 14.2 Å². The molecule has 2 N–H and O–H groups in total. The van der Waals surface area contributed by atoms with Crippen LogP contribution in [0, 0.1) is 6.92 Å². The van der Waals surface area contributed by atoms with E-state index in [9.17, 15) is 19.2 Å². The van der Waals surface area contributed by atoms with Crippen LogP contribution in [0.4, 0.5) is 31.6 Å². The molecule has 0 saturated heterocycles. The average Bonchev–Trinajstić information content (AvgIpc) is 3.05. The number of pyridine rings is 1. The topological polar surface area (TPSA) is 139 Å². The lowest BCUT2D eigenvalue weighted by Gasteiger charge is -2.29. The van der Waals surface area contributed by atoms with E-state index in [1.807, 2.05) is 44.2 Å². The van der Waals surface area contributed by atoms with E-state index in [2.05, 4.69) is 31.5 Å². The summed E-state index contributed by atoms with van der Waals surface area (Å²) < 4.78 is 17.5. The van der Waals surface area contributed by atoms with Crippen LogP contribution in [0.5, 0.6) is 0 Å². The highest BCUT2D eigenvalue weighted by molar-refractivity contribution is 9.10. The Bertz CT molecular complexity index is 2030. The summed E-state index contributed by atoms with van der Waals surface area (Å²) in [6.45, 7) is 14.6. The molecular formula is C40H46BrN5O7. The molecule has 0 radical (unpaired) electrons. The molecule has 3 heterocycles. The summed E-state index contributed by atoms with van der Waals surface area (Å²) in [7, 11) is 1.73. The van der Waals surface area contributed by atoms with Crippen molar-refractivity contribution in [1.29, 1.82) is 0 Å². The van der Waals surface area contributed by atoms with E-state index < -0.39 is 35.5 Å². The number of hydrogen-bond donors (Lipinski definition) is 2. The SMILES string of the molecule is Cc1cc2ccc1[C@@H](C)COC(=O)Nc1ccc(Br)c(c1)CN(C)C(=O)[C@@H]2Nc1ccc2c(N(C(=O)OC(C)(C)C)C(=O)OC(C)(C)C)nccc2c1. The van der Waals surface area contributed by atoms with Gasteiger partial charge in [-0.05, 0) is 119 Å². The highest BCUT2D eigenvalue weighted by Gasteiger charge is 2.35. The number of likely N-dealkylation sites (N-methyl/N-ethyl adjacent to an activating group) is 1. The largest absolute Gasteiger partial charge is 0.449 e. The smallest absolute Gasteiger partial charge is 0.425 e. The number of fused-ring (bicyclic) bond motifs is 10. The summed E-state index contributed by atoms with van der Waals surface area (Å²) in [5.74, 6) is -0.248. The first-order chi connectivity index (χ1) is 24.8. The van der Waals surface area contributed by atoms with E-state index in [1.54, 1.807) is 83.8 Å². The number of aromatic nitrogens is 1. The predicted molar refractivity (Wildman–Crippen MR) is 208 cm³/mol. The first-order valence-corrected chi connectivity index (χ1v) is 18.1. The Morgan fingerprint density at radius 2 is 1.64 bits per heavy atom. The fourth-order valence-electron chi connectivity index (χ4n) is 5.95. The molecule has 4 amide bonds. The zero-order chi connectivity index (χ0) is 38.8. The van der Waals surface area contributed by atoms with Crippen LogP contribution < -0.4 is 15.5 Å². The Balaban J connectivity index is 1.55. The molecule has 1 aromatic heterocycles. The fourth-order valence-corrected chi connectivity index (χ4v) is 6.32. The summed E-state index contributed by atoms with van der Waals surface area (Å²) in [4.78, 5) is 60.7. The van der Waals surface area contributed by atoms with Crippen molar-refractivity contribution in [3.8, 4) is 0 Å². The minimum absolute atomic E-state index is 0.0476. The quantitative estimate of drug-likeness (QED) is 0.194. The normalized spacial score (nSPS) is 16.8. The second-order valence-corrected chi connectivity index (χ2v) is 16.0. The van der Waals surface area contributed by atoms with Crippen molar-refractivity contribution in [3.63, 3.8) is 0 Å². The number of nitrogens with one attached hydrogen (secondary N) is 2. The highest BCUT2D eigenvalue weighted by atomic mass is 79.9. The number of aryl methyl sites for hydroxylation is 1. The molecule has 0 aliphatic carbocycles. The van der Waals surface area contributed by atoms with Gasteiger partial charge in [0.2, 0.25) is 5.91 Å². The summed E-state index contributed by atoms with van der Waals surface area (Å²) >= 11 is 3.59. The third-order valence-electron chi connectivity index (χ3n) is 8.36. The Morgan fingerprint density at radius 3 is 2.28 bits per heavy atom. The predicted octanol–water partition coefficient (Wildman–Crippen LogP) is 9.46. The number of benzene rings is 3. The number of ether oxygens (including phenoxy) is 3. The van der Waals surface area contributed by atoms with Crippen LogP contribution in [0.15, 0.2) is 71.3 Å². The third-order valence-corrected chi connectivity index (χ3v) is 9.14. The average molecular weight is 789 g/mol. The molecule has 6 rings (SSSR count). The van der Waals surface area contributed by atoms with Gasteiger partial charge in [0, 0.05) is 46.9 Å². The zero-order valence-corrected chi connectivity index (χ0v) is 33.1. The zero-order valence-electron chi connectivity index (χ0n) is 31.5. The van der Waals surface area contributed by atoms with E-state index in [0.29, 0.717) is 22.1 Å². The molecule has 4 bridgehead atoms. The molecule has 2 aliphatic rings. The third kappa shape index (κ3) is 9.64. The molecule has 0 unspecified atom stereocenters. The maximum Gasteiger partial charge on any atom is 0.425 e. The molecule has 2 aliphatic heterocycles. The summed E-state index contributed by atoms with van der Waals surface area (Å²) in [6.07, 6.45) is -0.905. The van der Waals surface area contributed by atoms with Gasteiger partial charge in [-0.3, -0.25) is 10.1 Å². The molecule has 0 fully saturated rings. The standard InChI is InChI=1S/C40H46BrN5O7/c1-23-18-26-10-13-30(23)24(2)22-51-36(48)44-29-12-15-32(41)27(20-29)21-45(9)35(47)33(26)43-28-11-14-31-25(19-28)16-17-42-34(31)46(37(49)52-39(3,4)5)38(50)53-40(6,7)8/h10-20,24,33,43H,21-22H2,1-9H3,(H,44,48)/t24-,33+/m0/s1. The van der Waals surface area contributed by atoms with Crippen molar-refractivity contribution in [1.82, 2.24) is 9.88 Å². The minimum Gasteiger partial charge on any atom is -0.449 e. The molecule has 280 valence electrons. The van der Waals surface area contributed by atoms with Crippen molar-refractivity contribution < 1.29 is 33.4 Å². The van der Waals surface area contributed by atoms with Gasteiger partial charge in [0.25, 0.3) is 0 Å². The lowest BCUT2D eigenvalue weighted by molar-refractivity contribution is -0.131. The van der Waals surface area contributed by atoms with Gasteiger partial charge in [-0.2, -0.15) is 4.90 Å². The number of carbonyl (C=O) groups is 4. The van der Waals surface area contributed by atoms with E-state index >= 15 is 0 Å². The van der Waals surface area contributed by atoms with E-state index in [1.165, 1.54) is 6.20 Å². The lowest BCUT2D eigenvalue weighted by atomic mass is 9.93. The summed E-state index contributed by atoms with van der Waals surface area (Å²) in [6, 6.07) is 17.5. The molecule has 0 saturated carbocycles. The van der Waals surface area contributed by atoms with Crippen LogP contribution in [-0.4, -0.2) is 58.9 Å². The van der Waals surface area contributed by atoms with Gasteiger partial charge in [0.1, 0.15) is 17.2 Å². The van der Waals surface area contributed by atoms with E-state index in [-0.39, 0.29) is 30.8 Å². The Kier molecular flexibility index (Phi) is 11.4. The number of rotatable bonds is 3. The highest BCUT2D eigenvalue weighted by Crippen LogP contribution is 2.33. The van der Waals surface area contributed by atoms with Crippen LogP contribution in [0.1, 0.15) is 82.7 Å². The van der Waals surface area contributed by atoms with Crippen LogP contribution >= 0.6 is 15.9 Å². The summed E-state index contributed by atoms with van der Waals surface area (Å²) in [5, 5.41) is 7.38. The Labute approximate surface area is 318 Å². The minimum atomic E-state index is -0.923. The molecule has 13 heteroatoms. The number of nitrogens with zero attached hydrogens (tertiary/aromatic N) is 3. The number of halogens is 1. The second-order valence-electron chi connectivity index (χ2n) is 15.2. The number of hydrogen-bond acceptors (Lipinski definition) is 9. The van der Waals surface area contributed by atoms with Crippen LogP contribution in [0.3, 0.4) is 0 Å². The molecule has 53 heavy (non-hydrogen) atoms. The Morgan fingerprint density at radius 1 is 0.962 bits per heavy atom. The molecular weight excluding hydrogens is 742 g/mol. The van der Waals surface area contributed by atoms with Gasteiger partial charge in [0.15, 0.2) is 5.82 Å². The van der Waals surface area contributed by atoms with Gasteiger partial charge in [-0.15, -0.1) is 0 Å². The maximum absolute atomic E-state index is 14.4. The molecule has 0 spiro atoms. The van der Waals surface area contributed by atoms with Gasteiger partial charge < -0.3 is 24.4 Å². The molecule has 3 aromatic carbocycles. The molecule has 2 atom stereocenters. The maximum atomic E-state index is 14.4. The van der Waals surface area contributed by atoms with Crippen molar-refractivity contribution in [3.05, 3.63) is 93.6 Å². The van der Waals surface area contributed by atoms with Gasteiger partial charge in [-0.25, -0.2) is 19.4 Å². The monoisotopic (exact) mass is 787 g/mol. The summed E-state index contributed by atoms with van der Waals surface area (Å²) in [5.41, 5.74) is 2.85.